The van der Waals surface area contributed by atoms with E-state index in [1.807, 2.05) is 0 Å². The first kappa shape index (κ1) is 9.40. The van der Waals surface area contributed by atoms with Gasteiger partial charge in [0.1, 0.15) is 6.10 Å². The van der Waals surface area contributed by atoms with E-state index in [-0.39, 0.29) is 0 Å². The predicted molar refractivity (Wildman–Crippen MR) is 35.2 cm³/mol. The number of aliphatic hydroxyl groups is 3. The van der Waals surface area contributed by atoms with E-state index in [1.54, 1.807) is 0 Å². The largest absolute Gasteiger partial charge is 0.477 e. The van der Waals surface area contributed by atoms with E-state index in [0.717, 1.165) is 0 Å². The summed E-state index contributed by atoms with van der Waals surface area (Å²) in [5.41, 5.74) is 0. The number of hydrogen-bond donors (Lipinski definition) is 4. The number of carboxylic acids is 1. The van der Waals surface area contributed by atoms with Crippen molar-refractivity contribution in [1.29, 1.82) is 0 Å². The standard InChI is InChI=1S/C6H10O6/c7-2-4-3(8)1-6(11,12-4)5(9)10/h3-4,7-8,11H,1-2H2,(H,9,10)/t3-,4-,6-/m0/s1. The summed E-state index contributed by atoms with van der Waals surface area (Å²) in [5.74, 6) is -3.91. The van der Waals surface area contributed by atoms with Crippen LogP contribution in [0.25, 0.3) is 0 Å². The average Bonchev–Trinajstić information content (AvgIpc) is 2.27. The van der Waals surface area contributed by atoms with Crippen LogP contribution in [0, 0.1) is 0 Å². The number of aliphatic carboxylic acids is 1. The Labute approximate surface area is 68.0 Å². The van der Waals surface area contributed by atoms with Crippen LogP contribution in [0.1, 0.15) is 6.42 Å². The van der Waals surface area contributed by atoms with Gasteiger partial charge in [0, 0.05) is 6.42 Å². The highest BCUT2D eigenvalue weighted by Crippen LogP contribution is 2.28. The summed E-state index contributed by atoms with van der Waals surface area (Å²) in [4.78, 5) is 10.4. The number of hydrogen-bond acceptors (Lipinski definition) is 5. The van der Waals surface area contributed by atoms with Crippen molar-refractivity contribution in [3.63, 3.8) is 0 Å². The lowest BCUT2D eigenvalue weighted by Gasteiger charge is -2.16. The quantitative estimate of drug-likeness (QED) is 0.386. The van der Waals surface area contributed by atoms with Crippen molar-refractivity contribution in [2.75, 3.05) is 6.61 Å². The molecule has 0 amide bonds. The van der Waals surface area contributed by atoms with Crippen LogP contribution in [0.15, 0.2) is 0 Å². The van der Waals surface area contributed by atoms with Gasteiger partial charge in [0.2, 0.25) is 0 Å². The van der Waals surface area contributed by atoms with E-state index in [1.165, 1.54) is 0 Å². The van der Waals surface area contributed by atoms with Gasteiger partial charge in [-0.05, 0) is 0 Å². The monoisotopic (exact) mass is 178 g/mol. The first-order chi connectivity index (χ1) is 5.49. The third-order valence-electron chi connectivity index (χ3n) is 1.78. The summed E-state index contributed by atoms with van der Waals surface area (Å²) in [5, 5.41) is 35.2. The average molecular weight is 178 g/mol. The number of carbonyl (C=O) groups is 1. The number of aliphatic hydroxyl groups excluding tert-OH is 2. The van der Waals surface area contributed by atoms with Crippen molar-refractivity contribution in [3.05, 3.63) is 0 Å². The van der Waals surface area contributed by atoms with Gasteiger partial charge in [-0.1, -0.05) is 0 Å². The molecule has 0 saturated carbocycles. The molecular weight excluding hydrogens is 168 g/mol. The minimum Gasteiger partial charge on any atom is -0.477 e. The van der Waals surface area contributed by atoms with Crippen LogP contribution in [0.5, 0.6) is 0 Å². The van der Waals surface area contributed by atoms with Gasteiger partial charge in [-0.25, -0.2) is 4.79 Å². The van der Waals surface area contributed by atoms with Crippen LogP contribution < -0.4 is 0 Å². The lowest BCUT2D eigenvalue weighted by atomic mass is 10.1. The second kappa shape index (κ2) is 2.98. The normalized spacial score (nSPS) is 41.6. The molecule has 0 aromatic heterocycles. The molecule has 70 valence electrons. The first-order valence-corrected chi connectivity index (χ1v) is 3.42. The molecule has 1 aliphatic rings. The fourth-order valence-corrected chi connectivity index (χ4v) is 1.09. The molecule has 0 bridgehead atoms. The first-order valence-electron chi connectivity index (χ1n) is 3.42. The Kier molecular flexibility index (Phi) is 2.34. The van der Waals surface area contributed by atoms with Gasteiger partial charge in [0.05, 0.1) is 12.7 Å². The van der Waals surface area contributed by atoms with Crippen molar-refractivity contribution in [2.45, 2.75) is 24.4 Å². The van der Waals surface area contributed by atoms with Crippen molar-refractivity contribution >= 4 is 5.97 Å². The smallest absolute Gasteiger partial charge is 0.364 e. The topological polar surface area (TPSA) is 107 Å². The molecule has 4 N–H and O–H groups in total. The molecular formula is C6H10O6. The van der Waals surface area contributed by atoms with E-state index in [4.69, 9.17) is 20.4 Å². The summed E-state index contributed by atoms with van der Waals surface area (Å²) in [6, 6.07) is 0. The van der Waals surface area contributed by atoms with Gasteiger partial charge in [-0.3, -0.25) is 0 Å². The van der Waals surface area contributed by atoms with Gasteiger partial charge in [-0.15, -0.1) is 0 Å². The molecule has 3 atom stereocenters. The Balaban J connectivity index is 2.70. The van der Waals surface area contributed by atoms with Crippen molar-refractivity contribution < 1.29 is 30.0 Å². The predicted octanol–water partition coefficient (Wildman–Crippen LogP) is -2.10. The zero-order chi connectivity index (χ0) is 9.35. The Morgan fingerprint density at radius 1 is 1.67 bits per heavy atom. The highest BCUT2D eigenvalue weighted by Gasteiger charge is 2.50. The van der Waals surface area contributed by atoms with Crippen LogP contribution in [0.4, 0.5) is 0 Å². The van der Waals surface area contributed by atoms with Crippen LogP contribution in [0.3, 0.4) is 0 Å². The van der Waals surface area contributed by atoms with Gasteiger partial charge >= 0.3 is 5.97 Å². The third-order valence-corrected chi connectivity index (χ3v) is 1.78. The molecule has 0 unspecified atom stereocenters. The Morgan fingerprint density at radius 3 is 2.50 bits per heavy atom. The molecule has 0 aromatic carbocycles. The lowest BCUT2D eigenvalue weighted by molar-refractivity contribution is -0.219. The molecule has 6 heteroatoms. The van der Waals surface area contributed by atoms with E-state index in [9.17, 15) is 4.79 Å². The second-order valence-corrected chi connectivity index (χ2v) is 2.70. The molecule has 1 fully saturated rings. The van der Waals surface area contributed by atoms with Crippen molar-refractivity contribution in [3.8, 4) is 0 Å². The molecule has 0 aromatic rings. The summed E-state index contributed by atoms with van der Waals surface area (Å²) in [7, 11) is 0. The SMILES string of the molecule is O=C(O)[C@]1(O)C[C@H](O)[C@H](CO)O1. The number of ether oxygens (including phenoxy) is 1. The molecule has 0 spiro atoms. The summed E-state index contributed by atoms with van der Waals surface area (Å²) in [6.07, 6.45) is -2.59. The molecule has 1 heterocycles. The molecule has 0 radical (unpaired) electrons. The van der Waals surface area contributed by atoms with Crippen LogP contribution >= 0.6 is 0 Å². The van der Waals surface area contributed by atoms with Gasteiger partial charge in [-0.2, -0.15) is 0 Å². The molecule has 0 aliphatic carbocycles. The molecule has 6 nitrogen and oxygen atoms in total. The van der Waals surface area contributed by atoms with Crippen LogP contribution in [-0.4, -0.2) is 51.0 Å². The highest BCUT2D eigenvalue weighted by molar-refractivity contribution is 5.75. The summed E-state index contributed by atoms with van der Waals surface area (Å²) < 4.78 is 4.53. The fourth-order valence-electron chi connectivity index (χ4n) is 1.09. The molecule has 1 rings (SSSR count). The van der Waals surface area contributed by atoms with Gasteiger partial charge < -0.3 is 25.2 Å². The molecule has 12 heavy (non-hydrogen) atoms. The highest BCUT2D eigenvalue weighted by atomic mass is 16.7. The maximum absolute atomic E-state index is 10.4. The maximum atomic E-state index is 10.4. The van der Waals surface area contributed by atoms with Crippen LogP contribution in [-0.2, 0) is 9.53 Å². The molecule has 1 saturated heterocycles. The van der Waals surface area contributed by atoms with Crippen molar-refractivity contribution in [2.24, 2.45) is 0 Å². The zero-order valence-electron chi connectivity index (χ0n) is 6.17. The fraction of sp³-hybridized carbons (Fsp3) is 0.833. The Hall–Kier alpha value is -0.690. The molecule has 1 aliphatic heterocycles. The number of rotatable bonds is 2. The zero-order valence-corrected chi connectivity index (χ0v) is 6.17. The summed E-state index contributed by atoms with van der Waals surface area (Å²) in [6.45, 7) is -0.517. The lowest BCUT2D eigenvalue weighted by Crippen LogP contribution is -2.38. The van der Waals surface area contributed by atoms with E-state index < -0.39 is 37.0 Å². The summed E-state index contributed by atoms with van der Waals surface area (Å²) >= 11 is 0. The van der Waals surface area contributed by atoms with Gasteiger partial charge in [0.15, 0.2) is 0 Å². The van der Waals surface area contributed by atoms with Gasteiger partial charge in [0.25, 0.3) is 5.79 Å². The maximum Gasteiger partial charge on any atom is 0.364 e. The van der Waals surface area contributed by atoms with E-state index in [2.05, 4.69) is 4.74 Å². The van der Waals surface area contributed by atoms with Crippen LogP contribution in [0.2, 0.25) is 0 Å². The van der Waals surface area contributed by atoms with E-state index in [0.29, 0.717) is 0 Å². The van der Waals surface area contributed by atoms with Crippen molar-refractivity contribution in [1.82, 2.24) is 0 Å². The number of carboxylic acid groups (broad SMARTS) is 1. The Morgan fingerprint density at radius 2 is 2.25 bits per heavy atom. The second-order valence-electron chi connectivity index (χ2n) is 2.70. The minimum absolute atomic E-state index is 0.423. The Bertz CT molecular complexity index is 192. The van der Waals surface area contributed by atoms with E-state index >= 15 is 0 Å². The third kappa shape index (κ3) is 1.42. The minimum atomic E-state index is -2.35.